The molecule has 1 unspecified atom stereocenters. The van der Waals surface area contributed by atoms with Crippen LogP contribution in [0, 0.1) is 0 Å². The van der Waals surface area contributed by atoms with Crippen molar-refractivity contribution in [3.8, 4) is 0 Å². The van der Waals surface area contributed by atoms with E-state index in [0.717, 1.165) is 12.8 Å². The molecule has 11 heavy (non-hydrogen) atoms. The van der Waals surface area contributed by atoms with Crippen molar-refractivity contribution in [1.29, 1.82) is 0 Å². The van der Waals surface area contributed by atoms with Gasteiger partial charge in [-0.25, -0.2) is 0 Å². The van der Waals surface area contributed by atoms with E-state index in [9.17, 15) is 4.79 Å². The van der Waals surface area contributed by atoms with Crippen LogP contribution in [-0.2, 0) is 4.79 Å². The van der Waals surface area contributed by atoms with Crippen molar-refractivity contribution in [3.63, 3.8) is 0 Å². The molecule has 2 heteroatoms. The van der Waals surface area contributed by atoms with E-state index in [2.05, 4.69) is 13.8 Å². The van der Waals surface area contributed by atoms with Crippen molar-refractivity contribution < 1.29 is 4.79 Å². The summed E-state index contributed by atoms with van der Waals surface area (Å²) in [7, 11) is 1.88. The van der Waals surface area contributed by atoms with E-state index < -0.39 is 0 Å². The minimum Gasteiger partial charge on any atom is -0.343 e. The van der Waals surface area contributed by atoms with Gasteiger partial charge in [0.15, 0.2) is 0 Å². The second-order valence-electron chi connectivity index (χ2n) is 3.01. The summed E-state index contributed by atoms with van der Waals surface area (Å²) in [4.78, 5) is 13.1. The molecule has 0 rings (SSSR count). The number of carbonyl (C=O) groups excluding carboxylic acids is 1. The van der Waals surface area contributed by atoms with Crippen LogP contribution in [0.15, 0.2) is 0 Å². The molecule has 1 amide bonds. The Kier molecular flexibility index (Phi) is 4.92. The Morgan fingerprint density at radius 2 is 2.00 bits per heavy atom. The zero-order chi connectivity index (χ0) is 8.85. The molecule has 0 radical (unpaired) electrons. The molecule has 0 bridgehead atoms. The largest absolute Gasteiger partial charge is 0.343 e. The average Bonchev–Trinajstić information content (AvgIpc) is 2.02. The fourth-order valence-electron chi connectivity index (χ4n) is 0.910. The highest BCUT2D eigenvalue weighted by Gasteiger charge is 2.11. The first-order valence-corrected chi connectivity index (χ1v) is 4.39. The van der Waals surface area contributed by atoms with Gasteiger partial charge < -0.3 is 4.90 Å². The fourth-order valence-corrected chi connectivity index (χ4v) is 0.910. The number of hydrogen-bond acceptors (Lipinski definition) is 1. The lowest BCUT2D eigenvalue weighted by atomic mass is 10.2. The summed E-state index contributed by atoms with van der Waals surface area (Å²) >= 11 is 0. The average molecular weight is 157 g/mol. The van der Waals surface area contributed by atoms with E-state index in [1.54, 1.807) is 0 Å². The molecule has 0 N–H and O–H groups in total. The third-order valence-electron chi connectivity index (χ3n) is 2.11. The van der Waals surface area contributed by atoms with E-state index in [0.29, 0.717) is 12.5 Å². The van der Waals surface area contributed by atoms with Gasteiger partial charge in [0.2, 0.25) is 5.91 Å². The second kappa shape index (κ2) is 5.16. The van der Waals surface area contributed by atoms with Gasteiger partial charge in [-0.2, -0.15) is 0 Å². The summed E-state index contributed by atoms with van der Waals surface area (Å²) in [6.07, 6.45) is 2.66. The lowest BCUT2D eigenvalue weighted by Gasteiger charge is -2.23. The van der Waals surface area contributed by atoms with Crippen LogP contribution in [0.3, 0.4) is 0 Å². The first-order valence-electron chi connectivity index (χ1n) is 4.39. The van der Waals surface area contributed by atoms with Gasteiger partial charge in [0.1, 0.15) is 0 Å². The number of rotatable bonds is 4. The van der Waals surface area contributed by atoms with Gasteiger partial charge in [-0.1, -0.05) is 13.8 Å². The Labute approximate surface area is 69.6 Å². The van der Waals surface area contributed by atoms with E-state index in [1.165, 1.54) is 0 Å². The van der Waals surface area contributed by atoms with Gasteiger partial charge in [0, 0.05) is 19.5 Å². The fraction of sp³-hybridized carbons (Fsp3) is 0.889. The Balaban J connectivity index is 3.80. The Hall–Kier alpha value is -0.530. The van der Waals surface area contributed by atoms with E-state index in [4.69, 9.17) is 0 Å². The van der Waals surface area contributed by atoms with Crippen LogP contribution >= 0.6 is 0 Å². The predicted octanol–water partition coefficient (Wildman–Crippen LogP) is 2.04. The minimum atomic E-state index is 0.266. The lowest BCUT2D eigenvalue weighted by Crippen LogP contribution is -2.34. The molecule has 0 saturated heterocycles. The Bertz CT molecular complexity index is 123. The summed E-state index contributed by atoms with van der Waals surface area (Å²) in [5.41, 5.74) is 0. The molecule has 1 atom stereocenters. The van der Waals surface area contributed by atoms with Crippen molar-refractivity contribution >= 4 is 5.91 Å². The maximum absolute atomic E-state index is 11.3. The maximum atomic E-state index is 11.3. The second-order valence-corrected chi connectivity index (χ2v) is 3.01. The quantitative estimate of drug-likeness (QED) is 0.611. The maximum Gasteiger partial charge on any atom is 0.222 e. The third-order valence-corrected chi connectivity index (χ3v) is 2.11. The zero-order valence-corrected chi connectivity index (χ0v) is 8.05. The zero-order valence-electron chi connectivity index (χ0n) is 8.05. The van der Waals surface area contributed by atoms with Gasteiger partial charge in [-0.05, 0) is 19.8 Å². The molecule has 0 aliphatic heterocycles. The van der Waals surface area contributed by atoms with Gasteiger partial charge in [-0.3, -0.25) is 4.79 Å². The van der Waals surface area contributed by atoms with Gasteiger partial charge >= 0.3 is 0 Å². The van der Waals surface area contributed by atoms with Crippen LogP contribution in [0.1, 0.15) is 40.0 Å². The molecule has 0 aliphatic carbocycles. The highest BCUT2D eigenvalue weighted by atomic mass is 16.2. The van der Waals surface area contributed by atoms with Crippen molar-refractivity contribution in [1.82, 2.24) is 4.90 Å². The summed E-state index contributed by atoms with van der Waals surface area (Å²) in [5, 5.41) is 0. The summed E-state index contributed by atoms with van der Waals surface area (Å²) in [6, 6.07) is 0.383. The molecule has 2 nitrogen and oxygen atoms in total. The smallest absolute Gasteiger partial charge is 0.222 e. The molecule has 0 aromatic carbocycles. The number of nitrogens with zero attached hydrogens (tertiary/aromatic N) is 1. The highest BCUT2D eigenvalue weighted by Crippen LogP contribution is 2.03. The minimum absolute atomic E-state index is 0.266. The van der Waals surface area contributed by atoms with E-state index >= 15 is 0 Å². The normalized spacial score (nSPS) is 12.7. The number of carbonyl (C=O) groups is 1. The third kappa shape index (κ3) is 3.40. The van der Waals surface area contributed by atoms with Crippen molar-refractivity contribution in [2.24, 2.45) is 0 Å². The van der Waals surface area contributed by atoms with E-state index in [-0.39, 0.29) is 5.91 Å². The first kappa shape index (κ1) is 10.5. The molecule has 0 saturated carbocycles. The summed E-state index contributed by atoms with van der Waals surface area (Å²) in [5.74, 6) is 0.266. The number of hydrogen-bond donors (Lipinski definition) is 0. The van der Waals surface area contributed by atoms with Gasteiger partial charge in [0.25, 0.3) is 0 Å². The van der Waals surface area contributed by atoms with Gasteiger partial charge in [0.05, 0.1) is 0 Å². The van der Waals surface area contributed by atoms with E-state index in [1.807, 2.05) is 18.9 Å². The van der Waals surface area contributed by atoms with Crippen LogP contribution in [0.2, 0.25) is 0 Å². The lowest BCUT2D eigenvalue weighted by molar-refractivity contribution is -0.131. The topological polar surface area (TPSA) is 20.3 Å². The van der Waals surface area contributed by atoms with Crippen molar-refractivity contribution in [2.45, 2.75) is 46.1 Å². The Morgan fingerprint density at radius 1 is 1.45 bits per heavy atom. The van der Waals surface area contributed by atoms with Gasteiger partial charge in [-0.15, -0.1) is 0 Å². The highest BCUT2D eigenvalue weighted by molar-refractivity contribution is 5.76. The molecule has 66 valence electrons. The molecule has 0 aromatic heterocycles. The van der Waals surface area contributed by atoms with Crippen LogP contribution in [0.4, 0.5) is 0 Å². The molecule has 0 aromatic rings. The molecule has 0 spiro atoms. The summed E-state index contributed by atoms with van der Waals surface area (Å²) in [6.45, 7) is 6.20. The first-order chi connectivity index (χ1) is 5.13. The monoisotopic (exact) mass is 157 g/mol. The van der Waals surface area contributed by atoms with Crippen LogP contribution < -0.4 is 0 Å². The van der Waals surface area contributed by atoms with Crippen LogP contribution in [0.5, 0.6) is 0 Å². The molecular formula is C9H19NO. The predicted molar refractivity (Wildman–Crippen MR) is 47.4 cm³/mol. The Morgan fingerprint density at radius 3 is 2.36 bits per heavy atom. The molecule has 0 fully saturated rings. The van der Waals surface area contributed by atoms with Crippen LogP contribution in [-0.4, -0.2) is 23.9 Å². The SMILES string of the molecule is CCCC(=O)N(C)C(C)CC. The number of amides is 1. The van der Waals surface area contributed by atoms with Crippen molar-refractivity contribution in [3.05, 3.63) is 0 Å². The standard InChI is InChI=1S/C9H19NO/c1-5-7-9(11)10(4)8(3)6-2/h8H,5-7H2,1-4H3. The molecule has 0 heterocycles. The van der Waals surface area contributed by atoms with Crippen molar-refractivity contribution in [2.75, 3.05) is 7.05 Å². The van der Waals surface area contributed by atoms with Crippen LogP contribution in [0.25, 0.3) is 0 Å². The molecule has 0 aliphatic rings. The molecular weight excluding hydrogens is 138 g/mol. The summed E-state index contributed by atoms with van der Waals surface area (Å²) < 4.78 is 0.